The fourth-order valence-corrected chi connectivity index (χ4v) is 0.326. The zero-order valence-corrected chi connectivity index (χ0v) is 9.70. The van der Waals surface area contributed by atoms with E-state index in [0.717, 1.165) is 5.57 Å². The van der Waals surface area contributed by atoms with E-state index in [1.54, 1.807) is 14.1 Å². The van der Waals surface area contributed by atoms with Gasteiger partial charge in [0.05, 0.1) is 5.91 Å². The van der Waals surface area contributed by atoms with Crippen LogP contribution in [-0.2, 0) is 25.9 Å². The van der Waals surface area contributed by atoms with E-state index in [4.69, 9.17) is 0 Å². The van der Waals surface area contributed by atoms with Gasteiger partial charge in [-0.25, -0.2) is 0 Å². The first-order chi connectivity index (χ1) is 4.04. The predicted molar refractivity (Wildman–Crippen MR) is 36.8 cm³/mol. The third kappa shape index (κ3) is 6.02. The Labute approximate surface area is 76.5 Å². The molecule has 0 N–H and O–H groups in total. The second kappa shape index (κ2) is 5.67. The molecule has 0 fully saturated rings. The predicted octanol–water partition coefficient (Wildman–Crippen LogP) is 0.841. The van der Waals surface area contributed by atoms with Crippen molar-refractivity contribution in [3.05, 3.63) is 11.6 Å². The Morgan fingerprint density at radius 2 is 1.70 bits per heavy atom. The molecule has 0 rings (SSSR count). The van der Waals surface area contributed by atoms with Crippen LogP contribution >= 0.6 is 0 Å². The minimum atomic E-state index is -0.0741. The topological polar surface area (TPSA) is 20.3 Å². The maximum absolute atomic E-state index is 10.7. The van der Waals surface area contributed by atoms with Gasteiger partial charge < -0.3 is 15.8 Å². The maximum atomic E-state index is 10.7. The number of rotatable bonds is 1. The van der Waals surface area contributed by atoms with Crippen LogP contribution in [0.3, 0.4) is 0 Å². The van der Waals surface area contributed by atoms with Crippen molar-refractivity contribution in [2.45, 2.75) is 13.8 Å². The van der Waals surface area contributed by atoms with E-state index in [2.05, 4.69) is 6.08 Å². The van der Waals surface area contributed by atoms with E-state index in [1.165, 1.54) is 4.90 Å². The summed E-state index contributed by atoms with van der Waals surface area (Å²) in [6.07, 6.45) is 2.65. The standard InChI is InChI=1S/C7H12NO.W/c1-6(2)5-7(9)8(3)4;/h1-4H3;/q-1;. The smallest absolute Gasteiger partial charge is 0.0644 e. The number of nitrogens with zero attached hydrogens (tertiary/aromatic N) is 1. The van der Waals surface area contributed by atoms with Crippen molar-refractivity contribution in [2.75, 3.05) is 14.1 Å². The average Bonchev–Trinajstić information content (AvgIpc) is 1.63. The molecule has 2 nitrogen and oxygen atoms in total. The zero-order valence-electron chi connectivity index (χ0n) is 6.76. The summed E-state index contributed by atoms with van der Waals surface area (Å²) in [5, 5.41) is 0. The number of allylic oxidation sites excluding steroid dienone is 1. The fourth-order valence-electron chi connectivity index (χ4n) is 0.326. The van der Waals surface area contributed by atoms with Crippen molar-refractivity contribution in [3.8, 4) is 0 Å². The van der Waals surface area contributed by atoms with Crippen LogP contribution in [0, 0.1) is 6.08 Å². The number of amides is 1. The van der Waals surface area contributed by atoms with Crippen molar-refractivity contribution in [1.29, 1.82) is 0 Å². The quantitative estimate of drug-likeness (QED) is 0.519. The van der Waals surface area contributed by atoms with E-state index >= 15 is 0 Å². The summed E-state index contributed by atoms with van der Waals surface area (Å²) in [6.45, 7) is 3.70. The molecule has 0 aromatic carbocycles. The molecule has 0 atom stereocenters. The molecular formula is C7H12NOW-. The Hall–Kier alpha value is -0.102. The van der Waals surface area contributed by atoms with Crippen LogP contribution in [0.4, 0.5) is 0 Å². The molecule has 0 radical (unpaired) electrons. The largest absolute Gasteiger partial charge is 0.406 e. The number of carbonyl (C=O) groups excluding carboxylic acids is 1. The van der Waals surface area contributed by atoms with Gasteiger partial charge in [-0.05, 0) is 0 Å². The molecule has 0 aromatic heterocycles. The first-order valence-electron chi connectivity index (χ1n) is 2.82. The molecule has 58 valence electrons. The Kier molecular flexibility index (Phi) is 7.12. The molecule has 0 aliphatic heterocycles. The molecule has 1 amide bonds. The van der Waals surface area contributed by atoms with Crippen LogP contribution < -0.4 is 0 Å². The summed E-state index contributed by atoms with van der Waals surface area (Å²) in [6, 6.07) is 0. The molecule has 0 bridgehead atoms. The van der Waals surface area contributed by atoms with Crippen LogP contribution in [0.5, 0.6) is 0 Å². The SMILES string of the molecule is CC(C)=[C-]C(=O)N(C)C.[W]. The van der Waals surface area contributed by atoms with E-state index in [9.17, 15) is 4.79 Å². The Morgan fingerprint density at radius 1 is 1.30 bits per heavy atom. The van der Waals surface area contributed by atoms with Gasteiger partial charge in [-0.2, -0.15) is 0 Å². The van der Waals surface area contributed by atoms with Gasteiger partial charge in [0, 0.05) is 35.2 Å². The monoisotopic (exact) mass is 310 g/mol. The summed E-state index contributed by atoms with van der Waals surface area (Å²) in [5.74, 6) is -0.0741. The van der Waals surface area contributed by atoms with Gasteiger partial charge in [-0.1, -0.05) is 13.8 Å². The fraction of sp³-hybridized carbons (Fsp3) is 0.571. The van der Waals surface area contributed by atoms with Crippen LogP contribution in [0.1, 0.15) is 13.8 Å². The first-order valence-corrected chi connectivity index (χ1v) is 2.82. The van der Waals surface area contributed by atoms with E-state index < -0.39 is 0 Å². The van der Waals surface area contributed by atoms with Crippen molar-refractivity contribution in [1.82, 2.24) is 4.90 Å². The number of likely N-dealkylation sites (N-methyl/N-ethyl adjacent to an activating group) is 1. The summed E-state index contributed by atoms with van der Waals surface area (Å²) < 4.78 is 0. The molecule has 0 saturated heterocycles. The molecule has 10 heavy (non-hydrogen) atoms. The van der Waals surface area contributed by atoms with Crippen molar-refractivity contribution in [3.63, 3.8) is 0 Å². The van der Waals surface area contributed by atoms with Gasteiger partial charge in [0.2, 0.25) is 0 Å². The van der Waals surface area contributed by atoms with E-state index in [1.807, 2.05) is 13.8 Å². The first kappa shape index (κ1) is 12.6. The van der Waals surface area contributed by atoms with Crippen LogP contribution in [-0.4, -0.2) is 24.9 Å². The Balaban J connectivity index is 0. The number of hydrogen-bond donors (Lipinski definition) is 0. The third-order valence-electron chi connectivity index (χ3n) is 0.763. The molecule has 3 heteroatoms. The maximum Gasteiger partial charge on any atom is 0.0644 e. The summed E-state index contributed by atoms with van der Waals surface area (Å²) in [4.78, 5) is 12.2. The molecule has 0 aliphatic rings. The van der Waals surface area contributed by atoms with Gasteiger partial charge in [0.15, 0.2) is 0 Å². The van der Waals surface area contributed by atoms with Gasteiger partial charge in [-0.15, -0.1) is 0 Å². The molecule has 0 saturated carbocycles. The molecule has 0 heterocycles. The molecular weight excluding hydrogens is 298 g/mol. The van der Waals surface area contributed by atoms with Crippen LogP contribution in [0.15, 0.2) is 5.57 Å². The second-order valence-corrected chi connectivity index (χ2v) is 2.32. The summed E-state index contributed by atoms with van der Waals surface area (Å²) >= 11 is 0. The summed E-state index contributed by atoms with van der Waals surface area (Å²) in [5.41, 5.74) is 0.911. The number of carbonyl (C=O) groups is 1. The third-order valence-corrected chi connectivity index (χ3v) is 0.763. The van der Waals surface area contributed by atoms with E-state index in [-0.39, 0.29) is 27.0 Å². The van der Waals surface area contributed by atoms with Crippen LogP contribution in [0.2, 0.25) is 0 Å². The Bertz CT molecular complexity index is 137. The number of hydrogen-bond acceptors (Lipinski definition) is 1. The molecule has 0 unspecified atom stereocenters. The summed E-state index contributed by atoms with van der Waals surface area (Å²) in [7, 11) is 3.41. The van der Waals surface area contributed by atoms with Crippen LogP contribution in [0.25, 0.3) is 0 Å². The zero-order chi connectivity index (χ0) is 7.44. The molecule has 0 aromatic rings. The van der Waals surface area contributed by atoms with E-state index in [0.29, 0.717) is 0 Å². The van der Waals surface area contributed by atoms with Gasteiger partial charge in [0.1, 0.15) is 0 Å². The normalized spacial score (nSPS) is 7.60. The second-order valence-electron chi connectivity index (χ2n) is 2.32. The van der Waals surface area contributed by atoms with Gasteiger partial charge >= 0.3 is 0 Å². The van der Waals surface area contributed by atoms with Crippen molar-refractivity contribution >= 4 is 5.91 Å². The van der Waals surface area contributed by atoms with Crippen molar-refractivity contribution in [2.24, 2.45) is 0 Å². The van der Waals surface area contributed by atoms with Crippen molar-refractivity contribution < 1.29 is 25.9 Å². The minimum absolute atomic E-state index is 0. The van der Waals surface area contributed by atoms with Gasteiger partial charge in [0.25, 0.3) is 0 Å². The Morgan fingerprint density at radius 3 is 1.80 bits per heavy atom. The molecule has 0 spiro atoms. The van der Waals surface area contributed by atoms with Gasteiger partial charge in [-0.3, -0.25) is 5.57 Å². The molecule has 0 aliphatic carbocycles. The minimum Gasteiger partial charge on any atom is -0.406 e. The average molecular weight is 310 g/mol.